The van der Waals surface area contributed by atoms with Crippen molar-refractivity contribution in [3.8, 4) is 0 Å². The molecule has 1 atom stereocenters. The van der Waals surface area contributed by atoms with E-state index in [4.69, 9.17) is 5.11 Å². The fourth-order valence-electron chi connectivity index (χ4n) is 1.09. The van der Waals surface area contributed by atoms with Crippen LogP contribution in [-0.4, -0.2) is 45.6 Å². The maximum absolute atomic E-state index is 11.5. The van der Waals surface area contributed by atoms with Gasteiger partial charge in [-0.05, 0) is 6.92 Å². The van der Waals surface area contributed by atoms with Gasteiger partial charge in [-0.3, -0.25) is 10.1 Å². The quantitative estimate of drug-likeness (QED) is 0.649. The molecule has 0 spiro atoms. The molecule has 0 aromatic carbocycles. The second-order valence-corrected chi connectivity index (χ2v) is 4.17. The van der Waals surface area contributed by atoms with Crippen molar-refractivity contribution in [1.82, 2.24) is 14.7 Å². The number of amides is 2. The normalized spacial score (nSPS) is 11.5. The third-order valence-electron chi connectivity index (χ3n) is 1.95. The van der Waals surface area contributed by atoms with E-state index in [1.54, 1.807) is 6.92 Å². The van der Waals surface area contributed by atoms with Crippen LogP contribution in [-0.2, 0) is 14.3 Å². The van der Waals surface area contributed by atoms with Gasteiger partial charge in [-0.25, -0.2) is 14.6 Å². The SMILES string of the molecule is COC(=O)C[C@H](NC(=O)Nc1nc(C)ns1)C(=O)O. The Balaban J connectivity index is 2.56. The highest BCUT2D eigenvalue weighted by Gasteiger charge is 2.24. The van der Waals surface area contributed by atoms with Crippen molar-refractivity contribution in [2.24, 2.45) is 0 Å². The fourth-order valence-corrected chi connectivity index (χ4v) is 1.66. The molecule has 0 saturated carbocycles. The van der Waals surface area contributed by atoms with E-state index in [0.717, 1.165) is 18.6 Å². The molecule has 1 heterocycles. The van der Waals surface area contributed by atoms with E-state index >= 15 is 0 Å². The van der Waals surface area contributed by atoms with Crippen molar-refractivity contribution >= 4 is 34.6 Å². The molecule has 0 saturated heterocycles. The van der Waals surface area contributed by atoms with E-state index in [0.29, 0.717) is 5.82 Å². The van der Waals surface area contributed by atoms with Crippen molar-refractivity contribution in [3.63, 3.8) is 0 Å². The molecule has 19 heavy (non-hydrogen) atoms. The zero-order chi connectivity index (χ0) is 14.4. The van der Waals surface area contributed by atoms with Gasteiger partial charge in [0.05, 0.1) is 13.5 Å². The number of carbonyl (C=O) groups is 3. The maximum Gasteiger partial charge on any atom is 0.326 e. The summed E-state index contributed by atoms with van der Waals surface area (Å²) in [4.78, 5) is 37.2. The summed E-state index contributed by atoms with van der Waals surface area (Å²) in [6, 6.07) is -2.16. The molecule has 0 aliphatic carbocycles. The van der Waals surface area contributed by atoms with Gasteiger partial charge in [0.1, 0.15) is 11.9 Å². The van der Waals surface area contributed by atoms with E-state index < -0.39 is 30.4 Å². The number of anilines is 1. The Morgan fingerprint density at radius 2 is 2.16 bits per heavy atom. The number of nitrogens with one attached hydrogen (secondary N) is 2. The van der Waals surface area contributed by atoms with Crippen LogP contribution in [0.5, 0.6) is 0 Å². The summed E-state index contributed by atoms with van der Waals surface area (Å²) in [5.74, 6) is -1.59. The largest absolute Gasteiger partial charge is 0.480 e. The average Bonchev–Trinajstić information content (AvgIpc) is 2.73. The molecule has 0 bridgehead atoms. The van der Waals surface area contributed by atoms with Gasteiger partial charge in [-0.2, -0.15) is 4.37 Å². The van der Waals surface area contributed by atoms with Crippen molar-refractivity contribution in [1.29, 1.82) is 0 Å². The molecule has 0 radical (unpaired) electrons. The first-order valence-corrected chi connectivity index (χ1v) is 5.87. The van der Waals surface area contributed by atoms with E-state index in [2.05, 4.69) is 24.7 Å². The number of aryl methyl sites for hydroxylation is 1. The number of carboxylic acids is 1. The number of esters is 1. The molecule has 10 heteroatoms. The fraction of sp³-hybridized carbons (Fsp3) is 0.444. The van der Waals surface area contributed by atoms with Crippen LogP contribution >= 0.6 is 11.5 Å². The smallest absolute Gasteiger partial charge is 0.326 e. The van der Waals surface area contributed by atoms with Gasteiger partial charge in [0.25, 0.3) is 0 Å². The second kappa shape index (κ2) is 6.64. The second-order valence-electron chi connectivity index (χ2n) is 3.42. The Kier molecular flexibility index (Phi) is 5.18. The van der Waals surface area contributed by atoms with E-state index in [-0.39, 0.29) is 5.13 Å². The minimum atomic E-state index is -1.37. The maximum atomic E-state index is 11.5. The Labute approximate surface area is 112 Å². The third kappa shape index (κ3) is 4.87. The van der Waals surface area contributed by atoms with Crippen LogP contribution in [0.25, 0.3) is 0 Å². The molecule has 0 unspecified atom stereocenters. The number of methoxy groups -OCH3 is 1. The van der Waals surface area contributed by atoms with Gasteiger partial charge in [-0.1, -0.05) is 0 Å². The van der Waals surface area contributed by atoms with Gasteiger partial charge in [0.2, 0.25) is 5.13 Å². The van der Waals surface area contributed by atoms with E-state index in [1.165, 1.54) is 0 Å². The van der Waals surface area contributed by atoms with Gasteiger partial charge >= 0.3 is 18.0 Å². The number of rotatable bonds is 5. The van der Waals surface area contributed by atoms with Crippen LogP contribution in [0.3, 0.4) is 0 Å². The van der Waals surface area contributed by atoms with Crippen LogP contribution in [0, 0.1) is 6.92 Å². The van der Waals surface area contributed by atoms with Crippen LogP contribution in [0.15, 0.2) is 0 Å². The molecule has 2 amide bonds. The zero-order valence-electron chi connectivity index (χ0n) is 10.2. The summed E-state index contributed by atoms with van der Waals surface area (Å²) in [6.07, 6.45) is -0.464. The topological polar surface area (TPSA) is 131 Å². The molecule has 1 aromatic heterocycles. The lowest BCUT2D eigenvalue weighted by atomic mass is 10.2. The Bertz CT molecular complexity index is 489. The van der Waals surface area contributed by atoms with Crippen molar-refractivity contribution < 1.29 is 24.2 Å². The molecule has 1 rings (SSSR count). The van der Waals surface area contributed by atoms with Crippen LogP contribution in [0.4, 0.5) is 9.93 Å². The first-order valence-electron chi connectivity index (χ1n) is 5.10. The first-order chi connectivity index (χ1) is 8.92. The predicted molar refractivity (Wildman–Crippen MR) is 64.9 cm³/mol. The Morgan fingerprint density at radius 1 is 1.47 bits per heavy atom. The number of carboxylic acid groups (broad SMARTS) is 1. The van der Waals surface area contributed by atoms with Gasteiger partial charge in [-0.15, -0.1) is 0 Å². The van der Waals surface area contributed by atoms with E-state index in [9.17, 15) is 14.4 Å². The van der Waals surface area contributed by atoms with Crippen molar-refractivity contribution in [2.45, 2.75) is 19.4 Å². The summed E-state index contributed by atoms with van der Waals surface area (Å²) in [5, 5.41) is 13.5. The highest BCUT2D eigenvalue weighted by molar-refractivity contribution is 7.09. The summed E-state index contributed by atoms with van der Waals surface area (Å²) in [7, 11) is 1.13. The van der Waals surface area contributed by atoms with Gasteiger partial charge < -0.3 is 15.2 Å². The minimum Gasteiger partial charge on any atom is -0.480 e. The highest BCUT2D eigenvalue weighted by atomic mass is 32.1. The van der Waals surface area contributed by atoms with Gasteiger partial charge in [0, 0.05) is 11.5 Å². The Morgan fingerprint density at radius 3 is 2.63 bits per heavy atom. The molecule has 0 fully saturated rings. The zero-order valence-corrected chi connectivity index (χ0v) is 11.0. The lowest BCUT2D eigenvalue weighted by Gasteiger charge is -2.12. The Hall–Kier alpha value is -2.23. The van der Waals surface area contributed by atoms with Crippen LogP contribution in [0.2, 0.25) is 0 Å². The third-order valence-corrected chi connectivity index (χ3v) is 2.67. The van der Waals surface area contributed by atoms with Crippen LogP contribution < -0.4 is 10.6 Å². The minimum absolute atomic E-state index is 0.234. The number of urea groups is 1. The lowest BCUT2D eigenvalue weighted by Crippen LogP contribution is -2.44. The average molecular weight is 288 g/mol. The predicted octanol–water partition coefficient (Wildman–Crippen LogP) is -0.0157. The number of carbonyl (C=O) groups excluding carboxylic acids is 2. The molecular weight excluding hydrogens is 276 g/mol. The number of aromatic nitrogens is 2. The monoisotopic (exact) mass is 288 g/mol. The van der Waals surface area contributed by atoms with Crippen molar-refractivity contribution in [3.05, 3.63) is 5.82 Å². The molecule has 9 nitrogen and oxygen atoms in total. The summed E-state index contributed by atoms with van der Waals surface area (Å²) >= 11 is 0.960. The molecule has 1 aromatic rings. The van der Waals surface area contributed by atoms with E-state index in [1.807, 2.05) is 0 Å². The lowest BCUT2D eigenvalue weighted by molar-refractivity contribution is -0.147. The number of hydrogen-bond acceptors (Lipinski definition) is 7. The van der Waals surface area contributed by atoms with Crippen LogP contribution in [0.1, 0.15) is 12.2 Å². The summed E-state index contributed by atoms with van der Waals surface area (Å²) in [6.45, 7) is 1.65. The van der Waals surface area contributed by atoms with Crippen molar-refractivity contribution in [2.75, 3.05) is 12.4 Å². The highest BCUT2D eigenvalue weighted by Crippen LogP contribution is 2.09. The molecule has 3 N–H and O–H groups in total. The first kappa shape index (κ1) is 14.8. The number of ether oxygens (including phenoxy) is 1. The number of aliphatic carboxylic acids is 1. The number of nitrogens with zero attached hydrogens (tertiary/aromatic N) is 2. The molecular formula is C9H12N4O5S. The van der Waals surface area contributed by atoms with Gasteiger partial charge in [0.15, 0.2) is 0 Å². The molecule has 0 aliphatic rings. The molecule has 0 aliphatic heterocycles. The summed E-state index contributed by atoms with van der Waals surface area (Å²) in [5.41, 5.74) is 0. The molecule has 104 valence electrons. The number of hydrogen-bond donors (Lipinski definition) is 3. The summed E-state index contributed by atoms with van der Waals surface area (Å²) < 4.78 is 8.18. The standard InChI is InChI=1S/C9H12N4O5S/c1-4-10-9(19-13-4)12-8(17)11-5(7(15)16)3-6(14)18-2/h5H,3H2,1-2H3,(H,15,16)(H2,10,11,12,13,17)/t5-/m0/s1.